The van der Waals surface area contributed by atoms with Gasteiger partial charge < -0.3 is 10.5 Å². The van der Waals surface area contributed by atoms with Gasteiger partial charge in [-0.05, 0) is 19.9 Å². The molecule has 0 atom stereocenters. The predicted octanol–water partition coefficient (Wildman–Crippen LogP) is 2.58. The average Bonchev–Trinajstić information content (AvgIpc) is 2.10. The molecule has 4 heteroatoms. The molecule has 0 radical (unpaired) electrons. The third kappa shape index (κ3) is 2.30. The van der Waals surface area contributed by atoms with Crippen molar-refractivity contribution in [2.45, 2.75) is 20.0 Å². The molecule has 0 aliphatic carbocycles. The summed E-state index contributed by atoms with van der Waals surface area (Å²) >= 11 is 5.89. The van der Waals surface area contributed by atoms with Crippen LogP contribution in [-0.2, 0) is 0 Å². The Morgan fingerprint density at radius 2 is 2.14 bits per heavy atom. The fourth-order valence-corrected chi connectivity index (χ4v) is 1.22. The number of ether oxygens (including phenoxy) is 1. The van der Waals surface area contributed by atoms with Crippen molar-refractivity contribution in [1.82, 2.24) is 0 Å². The molecule has 0 aliphatic heterocycles. The smallest absolute Gasteiger partial charge is 0.140 e. The number of nitrogen functional groups attached to an aromatic ring is 1. The Morgan fingerprint density at radius 3 is 2.64 bits per heavy atom. The Hall–Kier alpha value is -1.40. The van der Waals surface area contributed by atoms with E-state index in [1.54, 1.807) is 6.07 Å². The van der Waals surface area contributed by atoms with Gasteiger partial charge in [0.1, 0.15) is 11.8 Å². The van der Waals surface area contributed by atoms with Gasteiger partial charge in [-0.1, -0.05) is 11.6 Å². The first-order chi connectivity index (χ1) is 6.54. The molecule has 0 amide bonds. The minimum absolute atomic E-state index is 0.0276. The lowest BCUT2D eigenvalue weighted by molar-refractivity contribution is 0.242. The SMILES string of the molecule is CC(C)Oc1cc(N)c(C#N)cc1Cl. The first-order valence-corrected chi connectivity index (χ1v) is 4.58. The molecule has 3 nitrogen and oxygen atoms in total. The highest BCUT2D eigenvalue weighted by atomic mass is 35.5. The summed E-state index contributed by atoms with van der Waals surface area (Å²) in [5.74, 6) is 0.512. The third-order valence-corrected chi connectivity index (χ3v) is 1.88. The zero-order valence-corrected chi connectivity index (χ0v) is 8.80. The molecule has 14 heavy (non-hydrogen) atoms. The van der Waals surface area contributed by atoms with E-state index in [4.69, 9.17) is 27.3 Å². The number of benzene rings is 1. The van der Waals surface area contributed by atoms with Gasteiger partial charge in [-0.2, -0.15) is 5.26 Å². The van der Waals surface area contributed by atoms with Crippen molar-refractivity contribution in [3.63, 3.8) is 0 Å². The van der Waals surface area contributed by atoms with Gasteiger partial charge in [0.2, 0.25) is 0 Å². The van der Waals surface area contributed by atoms with E-state index >= 15 is 0 Å². The summed E-state index contributed by atoms with van der Waals surface area (Å²) in [4.78, 5) is 0. The minimum atomic E-state index is 0.0276. The van der Waals surface area contributed by atoms with Crippen LogP contribution in [0.2, 0.25) is 5.02 Å². The molecule has 2 N–H and O–H groups in total. The van der Waals surface area contributed by atoms with Crippen molar-refractivity contribution in [2.75, 3.05) is 5.73 Å². The minimum Gasteiger partial charge on any atom is -0.489 e. The summed E-state index contributed by atoms with van der Waals surface area (Å²) in [6.45, 7) is 3.79. The highest BCUT2D eigenvalue weighted by Gasteiger charge is 2.08. The Morgan fingerprint density at radius 1 is 1.50 bits per heavy atom. The highest BCUT2D eigenvalue weighted by molar-refractivity contribution is 6.32. The summed E-state index contributed by atoms with van der Waals surface area (Å²) in [5.41, 5.74) is 6.36. The molecule has 0 spiro atoms. The summed E-state index contributed by atoms with van der Waals surface area (Å²) < 4.78 is 5.40. The lowest BCUT2D eigenvalue weighted by atomic mass is 10.2. The molecule has 0 saturated carbocycles. The molecule has 1 aromatic carbocycles. The van der Waals surface area contributed by atoms with Crippen molar-refractivity contribution in [3.05, 3.63) is 22.7 Å². The number of hydrogen-bond acceptors (Lipinski definition) is 3. The van der Waals surface area contributed by atoms with Crippen LogP contribution in [0.3, 0.4) is 0 Å². The lowest BCUT2D eigenvalue weighted by Crippen LogP contribution is -2.06. The van der Waals surface area contributed by atoms with Crippen LogP contribution in [0, 0.1) is 11.3 Å². The standard InChI is InChI=1S/C10H11ClN2O/c1-6(2)14-10-4-9(13)7(5-12)3-8(10)11/h3-4,6H,13H2,1-2H3. The molecule has 0 saturated heterocycles. The topological polar surface area (TPSA) is 59.0 Å². The number of hydrogen-bond donors (Lipinski definition) is 1. The van der Waals surface area contributed by atoms with Crippen LogP contribution >= 0.6 is 11.6 Å². The number of anilines is 1. The van der Waals surface area contributed by atoms with E-state index in [-0.39, 0.29) is 6.10 Å². The number of nitrogens with two attached hydrogens (primary N) is 1. The quantitative estimate of drug-likeness (QED) is 0.764. The number of nitriles is 1. The van der Waals surface area contributed by atoms with Gasteiger partial charge in [-0.25, -0.2) is 0 Å². The molecule has 0 bridgehead atoms. The van der Waals surface area contributed by atoms with E-state index in [0.717, 1.165) is 0 Å². The van der Waals surface area contributed by atoms with Crippen LogP contribution in [0.1, 0.15) is 19.4 Å². The second kappa shape index (κ2) is 4.21. The van der Waals surface area contributed by atoms with Crippen molar-refractivity contribution >= 4 is 17.3 Å². The molecular weight excluding hydrogens is 200 g/mol. The van der Waals surface area contributed by atoms with Crippen LogP contribution < -0.4 is 10.5 Å². The van der Waals surface area contributed by atoms with Crippen molar-refractivity contribution in [3.8, 4) is 11.8 Å². The first-order valence-electron chi connectivity index (χ1n) is 4.20. The van der Waals surface area contributed by atoms with Crippen LogP contribution in [0.25, 0.3) is 0 Å². The van der Waals surface area contributed by atoms with Gasteiger partial charge in [0.15, 0.2) is 0 Å². The van der Waals surface area contributed by atoms with E-state index in [1.807, 2.05) is 19.9 Å². The Balaban J connectivity index is 3.10. The summed E-state index contributed by atoms with van der Waals surface area (Å²) in [6.07, 6.45) is 0.0276. The maximum Gasteiger partial charge on any atom is 0.140 e. The van der Waals surface area contributed by atoms with Crippen LogP contribution in [-0.4, -0.2) is 6.10 Å². The van der Waals surface area contributed by atoms with Gasteiger partial charge in [-0.3, -0.25) is 0 Å². The second-order valence-corrected chi connectivity index (χ2v) is 3.56. The molecule has 0 fully saturated rings. The molecule has 0 unspecified atom stereocenters. The van der Waals surface area contributed by atoms with Gasteiger partial charge in [0.25, 0.3) is 0 Å². The van der Waals surface area contributed by atoms with Crippen molar-refractivity contribution in [1.29, 1.82) is 5.26 Å². The fraction of sp³-hybridized carbons (Fsp3) is 0.300. The van der Waals surface area contributed by atoms with E-state index in [2.05, 4.69) is 0 Å². The molecule has 0 heterocycles. The summed E-state index contributed by atoms with van der Waals surface area (Å²) in [6, 6.07) is 5.03. The number of nitrogens with zero attached hydrogens (tertiary/aromatic N) is 1. The van der Waals surface area contributed by atoms with E-state index < -0.39 is 0 Å². The molecule has 74 valence electrons. The maximum absolute atomic E-state index is 8.69. The zero-order chi connectivity index (χ0) is 10.7. The lowest BCUT2D eigenvalue weighted by Gasteiger charge is -2.12. The Kier molecular flexibility index (Phi) is 3.21. The summed E-state index contributed by atoms with van der Waals surface area (Å²) in [7, 11) is 0. The number of rotatable bonds is 2. The largest absolute Gasteiger partial charge is 0.489 e. The van der Waals surface area contributed by atoms with Crippen LogP contribution in [0.5, 0.6) is 5.75 Å². The molecule has 0 aliphatic rings. The van der Waals surface area contributed by atoms with Crippen LogP contribution in [0.4, 0.5) is 5.69 Å². The fourth-order valence-electron chi connectivity index (χ4n) is 1.01. The average molecular weight is 211 g/mol. The van der Waals surface area contributed by atoms with Crippen LogP contribution in [0.15, 0.2) is 12.1 Å². The highest BCUT2D eigenvalue weighted by Crippen LogP contribution is 2.30. The molecule has 0 aromatic heterocycles. The monoisotopic (exact) mass is 210 g/mol. The molecular formula is C10H11ClN2O. The molecule has 1 rings (SSSR count). The predicted molar refractivity (Wildman–Crippen MR) is 56.3 cm³/mol. The van der Waals surface area contributed by atoms with E-state index in [9.17, 15) is 0 Å². The van der Waals surface area contributed by atoms with Gasteiger partial charge in [0.05, 0.1) is 22.4 Å². The Labute approximate surface area is 88.0 Å². The number of halogens is 1. The Bertz CT molecular complexity index is 382. The van der Waals surface area contributed by atoms with Gasteiger partial charge in [-0.15, -0.1) is 0 Å². The third-order valence-electron chi connectivity index (χ3n) is 1.59. The zero-order valence-electron chi connectivity index (χ0n) is 8.04. The van der Waals surface area contributed by atoms with Gasteiger partial charge >= 0.3 is 0 Å². The summed E-state index contributed by atoms with van der Waals surface area (Å²) in [5, 5.41) is 9.09. The van der Waals surface area contributed by atoms with E-state index in [0.29, 0.717) is 22.0 Å². The maximum atomic E-state index is 8.69. The first kappa shape index (κ1) is 10.7. The van der Waals surface area contributed by atoms with E-state index in [1.165, 1.54) is 6.07 Å². The normalized spacial score (nSPS) is 9.93. The molecule has 1 aromatic rings. The van der Waals surface area contributed by atoms with Crippen molar-refractivity contribution in [2.24, 2.45) is 0 Å². The second-order valence-electron chi connectivity index (χ2n) is 3.15. The van der Waals surface area contributed by atoms with Crippen molar-refractivity contribution < 1.29 is 4.74 Å². The van der Waals surface area contributed by atoms with Gasteiger partial charge in [0, 0.05) is 6.07 Å².